The fraction of sp³-hybridized carbons (Fsp3) is 0.391. The van der Waals surface area contributed by atoms with E-state index in [-0.39, 0.29) is 23.9 Å². The molecule has 0 spiro atoms. The number of alkyl halides is 3. The van der Waals surface area contributed by atoms with Gasteiger partial charge >= 0.3 is 6.18 Å². The Bertz CT molecular complexity index is 870. The summed E-state index contributed by atoms with van der Waals surface area (Å²) in [6, 6.07) is 15.2. The van der Waals surface area contributed by atoms with Crippen LogP contribution in [0.4, 0.5) is 13.2 Å². The lowest BCUT2D eigenvalue weighted by Gasteiger charge is -2.34. The van der Waals surface area contributed by atoms with Crippen molar-refractivity contribution in [2.75, 3.05) is 39.3 Å². The van der Waals surface area contributed by atoms with Crippen molar-refractivity contribution in [2.45, 2.75) is 18.8 Å². The number of nitrogens with one attached hydrogen (secondary N) is 2. The summed E-state index contributed by atoms with van der Waals surface area (Å²) >= 11 is 0. The summed E-state index contributed by atoms with van der Waals surface area (Å²) in [6.45, 7) is 1.99. The number of benzene rings is 2. The predicted octanol–water partition coefficient (Wildman–Crippen LogP) is 2.34. The molecule has 0 radical (unpaired) electrons. The average molecular weight is 448 g/mol. The Morgan fingerprint density at radius 1 is 0.906 bits per heavy atom. The summed E-state index contributed by atoms with van der Waals surface area (Å²) in [5.74, 6) is -0.491. The maximum atomic E-state index is 13.4. The molecule has 6 nitrogen and oxygen atoms in total. The molecule has 0 bridgehead atoms. The Labute approximate surface area is 185 Å². The fourth-order valence-electron chi connectivity index (χ4n) is 3.58. The topological polar surface area (TPSA) is 64.7 Å². The van der Waals surface area contributed by atoms with Gasteiger partial charge in [0, 0.05) is 32.7 Å². The molecule has 1 heterocycles. The molecule has 1 fully saturated rings. The van der Waals surface area contributed by atoms with Gasteiger partial charge in [-0.3, -0.25) is 19.8 Å². The van der Waals surface area contributed by atoms with Gasteiger partial charge in [0.05, 0.1) is 13.1 Å². The summed E-state index contributed by atoms with van der Waals surface area (Å²) in [5, 5.41) is 5.22. The highest BCUT2D eigenvalue weighted by Gasteiger charge is 2.40. The van der Waals surface area contributed by atoms with E-state index in [0.29, 0.717) is 32.7 Å². The number of halogens is 3. The molecule has 2 aromatic rings. The highest BCUT2D eigenvalue weighted by Crippen LogP contribution is 2.32. The van der Waals surface area contributed by atoms with Crippen molar-refractivity contribution < 1.29 is 22.8 Å². The van der Waals surface area contributed by atoms with E-state index in [1.165, 1.54) is 29.2 Å². The molecule has 1 atom stereocenters. The Hall–Kier alpha value is -2.91. The first-order chi connectivity index (χ1) is 15.3. The third kappa shape index (κ3) is 7.06. The van der Waals surface area contributed by atoms with E-state index in [1.54, 1.807) is 6.07 Å². The van der Waals surface area contributed by atoms with E-state index in [4.69, 9.17) is 0 Å². The normalized spacial score (nSPS) is 15.9. The van der Waals surface area contributed by atoms with Gasteiger partial charge in [-0.2, -0.15) is 13.2 Å². The Morgan fingerprint density at radius 2 is 1.50 bits per heavy atom. The number of piperazine rings is 1. The van der Waals surface area contributed by atoms with E-state index in [0.717, 1.165) is 5.56 Å². The standard InChI is InChI=1S/C23H27F3N4O2/c24-23(25,26)22(19-9-5-2-6-10-19)28-16-21(32)30-13-11-29(12-14-30)17-20(31)27-15-18-7-3-1-4-8-18/h1-10,22,28H,11-17H2,(H,27,31). The van der Waals surface area contributed by atoms with Crippen molar-refractivity contribution in [1.29, 1.82) is 0 Å². The molecule has 2 aromatic carbocycles. The zero-order valence-electron chi connectivity index (χ0n) is 17.6. The van der Waals surface area contributed by atoms with Crippen molar-refractivity contribution in [1.82, 2.24) is 20.4 Å². The second-order valence-corrected chi connectivity index (χ2v) is 7.69. The van der Waals surface area contributed by atoms with Gasteiger partial charge in [-0.05, 0) is 11.1 Å². The smallest absolute Gasteiger partial charge is 0.351 e. The lowest BCUT2D eigenvalue weighted by atomic mass is 10.1. The number of carbonyl (C=O) groups is 2. The van der Waals surface area contributed by atoms with Gasteiger partial charge in [0.15, 0.2) is 0 Å². The number of amides is 2. The summed E-state index contributed by atoms with van der Waals surface area (Å²) in [7, 11) is 0. The van der Waals surface area contributed by atoms with Crippen LogP contribution in [-0.2, 0) is 16.1 Å². The van der Waals surface area contributed by atoms with E-state index in [9.17, 15) is 22.8 Å². The van der Waals surface area contributed by atoms with Gasteiger partial charge in [0.25, 0.3) is 0 Å². The molecule has 2 N–H and O–H groups in total. The molecule has 0 saturated carbocycles. The maximum absolute atomic E-state index is 13.4. The quantitative estimate of drug-likeness (QED) is 0.651. The van der Waals surface area contributed by atoms with Crippen molar-refractivity contribution in [3.63, 3.8) is 0 Å². The first-order valence-corrected chi connectivity index (χ1v) is 10.5. The minimum Gasteiger partial charge on any atom is -0.351 e. The number of hydrogen-bond acceptors (Lipinski definition) is 4. The van der Waals surface area contributed by atoms with Crippen molar-refractivity contribution in [3.05, 3.63) is 71.8 Å². The maximum Gasteiger partial charge on any atom is 0.407 e. The zero-order valence-corrected chi connectivity index (χ0v) is 17.6. The molecule has 1 aliphatic heterocycles. The lowest BCUT2D eigenvalue weighted by molar-refractivity contribution is -0.159. The fourth-order valence-corrected chi connectivity index (χ4v) is 3.58. The molecule has 172 valence electrons. The highest BCUT2D eigenvalue weighted by atomic mass is 19.4. The van der Waals surface area contributed by atoms with Gasteiger partial charge in [0.2, 0.25) is 11.8 Å². The van der Waals surface area contributed by atoms with Crippen LogP contribution in [0.2, 0.25) is 0 Å². The molecule has 3 rings (SSSR count). The number of carbonyl (C=O) groups excluding carboxylic acids is 2. The summed E-state index contributed by atoms with van der Waals surface area (Å²) in [4.78, 5) is 28.1. The largest absolute Gasteiger partial charge is 0.407 e. The van der Waals surface area contributed by atoms with E-state index < -0.39 is 18.8 Å². The molecule has 1 aliphatic rings. The molecular weight excluding hydrogens is 421 g/mol. The zero-order chi connectivity index (χ0) is 23.0. The number of hydrogen-bond donors (Lipinski definition) is 2. The number of nitrogens with zero attached hydrogens (tertiary/aromatic N) is 2. The SMILES string of the molecule is O=C(CN1CCN(C(=O)CNC(c2ccccc2)C(F)(F)F)CC1)NCc1ccccc1. The van der Waals surface area contributed by atoms with Crippen LogP contribution >= 0.6 is 0 Å². The van der Waals surface area contributed by atoms with Gasteiger partial charge < -0.3 is 10.2 Å². The molecule has 0 aromatic heterocycles. The number of rotatable bonds is 8. The Balaban J connectivity index is 1.41. The van der Waals surface area contributed by atoms with Crippen LogP contribution in [0.5, 0.6) is 0 Å². The molecular formula is C23H27F3N4O2. The third-order valence-electron chi connectivity index (χ3n) is 5.34. The molecule has 2 amide bonds. The van der Waals surface area contributed by atoms with Crippen molar-refractivity contribution >= 4 is 11.8 Å². The second kappa shape index (κ2) is 11.1. The van der Waals surface area contributed by atoms with Gasteiger partial charge in [-0.1, -0.05) is 60.7 Å². The Morgan fingerprint density at radius 3 is 2.09 bits per heavy atom. The summed E-state index contributed by atoms with van der Waals surface area (Å²) < 4.78 is 40.2. The Kier molecular flexibility index (Phi) is 8.24. The van der Waals surface area contributed by atoms with Gasteiger partial charge in [-0.15, -0.1) is 0 Å². The monoisotopic (exact) mass is 448 g/mol. The minimum absolute atomic E-state index is 0.0686. The van der Waals surface area contributed by atoms with E-state index in [2.05, 4.69) is 10.6 Å². The van der Waals surface area contributed by atoms with E-state index in [1.807, 2.05) is 35.2 Å². The van der Waals surface area contributed by atoms with Crippen LogP contribution in [0.1, 0.15) is 17.2 Å². The van der Waals surface area contributed by atoms with Crippen molar-refractivity contribution in [3.8, 4) is 0 Å². The molecule has 32 heavy (non-hydrogen) atoms. The van der Waals surface area contributed by atoms with Crippen LogP contribution in [0.15, 0.2) is 60.7 Å². The highest BCUT2D eigenvalue weighted by molar-refractivity contribution is 5.79. The first kappa shape index (κ1) is 23.7. The minimum atomic E-state index is -4.51. The van der Waals surface area contributed by atoms with Crippen LogP contribution in [-0.4, -0.2) is 67.1 Å². The van der Waals surface area contributed by atoms with Crippen LogP contribution in [0, 0.1) is 0 Å². The van der Waals surface area contributed by atoms with Crippen molar-refractivity contribution in [2.24, 2.45) is 0 Å². The summed E-state index contributed by atoms with van der Waals surface area (Å²) in [6.07, 6.45) is -4.51. The first-order valence-electron chi connectivity index (χ1n) is 10.5. The summed E-state index contributed by atoms with van der Waals surface area (Å²) in [5.41, 5.74) is 1.08. The van der Waals surface area contributed by atoms with Gasteiger partial charge in [-0.25, -0.2) is 0 Å². The van der Waals surface area contributed by atoms with Crippen LogP contribution in [0.25, 0.3) is 0 Å². The van der Waals surface area contributed by atoms with Gasteiger partial charge in [0.1, 0.15) is 6.04 Å². The average Bonchev–Trinajstić information content (AvgIpc) is 2.79. The molecule has 9 heteroatoms. The van der Waals surface area contributed by atoms with E-state index >= 15 is 0 Å². The molecule has 1 unspecified atom stereocenters. The molecule has 1 saturated heterocycles. The third-order valence-corrected chi connectivity index (χ3v) is 5.34. The second-order valence-electron chi connectivity index (χ2n) is 7.69. The predicted molar refractivity (Wildman–Crippen MR) is 115 cm³/mol. The lowest BCUT2D eigenvalue weighted by Crippen LogP contribution is -2.53. The van der Waals surface area contributed by atoms with Crippen LogP contribution in [0.3, 0.4) is 0 Å². The van der Waals surface area contributed by atoms with Crippen LogP contribution < -0.4 is 10.6 Å². The molecule has 0 aliphatic carbocycles.